The van der Waals surface area contributed by atoms with E-state index in [0.29, 0.717) is 6.54 Å². The van der Waals surface area contributed by atoms with Crippen LogP contribution < -0.4 is 5.32 Å². The molecule has 5 heteroatoms. The van der Waals surface area contributed by atoms with Crippen LogP contribution in [-0.2, 0) is 0 Å². The van der Waals surface area contributed by atoms with Gasteiger partial charge in [-0.25, -0.2) is 9.18 Å². The molecule has 1 saturated carbocycles. The van der Waals surface area contributed by atoms with Gasteiger partial charge >= 0.3 is 6.03 Å². The molecule has 128 valence electrons. The van der Waals surface area contributed by atoms with Gasteiger partial charge < -0.3 is 15.3 Å². The fourth-order valence-electron chi connectivity index (χ4n) is 2.74. The number of rotatable bonds is 6. The average molecular weight is 322 g/mol. The smallest absolute Gasteiger partial charge is 0.318 e. The number of benzene rings is 1. The summed E-state index contributed by atoms with van der Waals surface area (Å²) in [5.74, 6) is -0.283. The largest absolute Gasteiger partial charge is 0.395 e. The molecule has 0 radical (unpaired) electrons. The van der Waals surface area contributed by atoms with Gasteiger partial charge in [0.2, 0.25) is 0 Å². The van der Waals surface area contributed by atoms with Crippen molar-refractivity contribution in [3.63, 3.8) is 0 Å². The van der Waals surface area contributed by atoms with E-state index >= 15 is 0 Å². The molecule has 1 aromatic carbocycles. The van der Waals surface area contributed by atoms with Gasteiger partial charge in [0.1, 0.15) is 5.82 Å². The van der Waals surface area contributed by atoms with E-state index in [0.717, 1.165) is 24.8 Å². The normalized spacial score (nSPS) is 16.0. The number of amides is 2. The first-order chi connectivity index (χ1) is 10.8. The molecule has 0 aromatic heterocycles. The Hall–Kier alpha value is -1.62. The van der Waals surface area contributed by atoms with Crippen LogP contribution in [0.3, 0.4) is 0 Å². The second-order valence-corrected chi connectivity index (χ2v) is 7.47. The second kappa shape index (κ2) is 7.30. The molecule has 0 saturated heterocycles. The number of nitrogens with zero attached hydrogens (tertiary/aromatic N) is 1. The van der Waals surface area contributed by atoms with Gasteiger partial charge in [-0.2, -0.15) is 0 Å². The van der Waals surface area contributed by atoms with Crippen molar-refractivity contribution in [2.24, 2.45) is 5.41 Å². The lowest BCUT2D eigenvalue weighted by Gasteiger charge is -2.30. The van der Waals surface area contributed by atoms with Gasteiger partial charge in [-0.05, 0) is 42.4 Å². The zero-order chi connectivity index (χ0) is 17.0. The molecule has 23 heavy (non-hydrogen) atoms. The van der Waals surface area contributed by atoms with Crippen LogP contribution in [0.2, 0.25) is 0 Å². The number of carbonyl (C=O) groups is 1. The average Bonchev–Trinajstić information content (AvgIpc) is 3.27. The molecule has 0 heterocycles. The SMILES string of the molecule is CC(C)(C)CC(NC(=O)N(CCO)C1CC1)c1ccc(F)cc1. The van der Waals surface area contributed by atoms with Gasteiger partial charge in [0.15, 0.2) is 0 Å². The minimum absolute atomic E-state index is 0.0215. The van der Waals surface area contributed by atoms with Gasteiger partial charge in [0.25, 0.3) is 0 Å². The van der Waals surface area contributed by atoms with Crippen LogP contribution in [0.15, 0.2) is 24.3 Å². The lowest BCUT2D eigenvalue weighted by molar-refractivity contribution is 0.167. The molecule has 1 atom stereocenters. The molecule has 1 aliphatic rings. The molecule has 2 amide bonds. The number of aliphatic hydroxyl groups is 1. The van der Waals surface area contributed by atoms with Crippen molar-refractivity contribution in [3.05, 3.63) is 35.6 Å². The van der Waals surface area contributed by atoms with E-state index in [-0.39, 0.29) is 36.0 Å². The first-order valence-electron chi connectivity index (χ1n) is 8.23. The Morgan fingerprint density at radius 1 is 1.35 bits per heavy atom. The first kappa shape index (κ1) is 17.7. The maximum atomic E-state index is 13.2. The van der Waals surface area contributed by atoms with E-state index in [1.54, 1.807) is 17.0 Å². The number of halogens is 1. The van der Waals surface area contributed by atoms with Crippen molar-refractivity contribution >= 4 is 6.03 Å². The standard InChI is InChI=1S/C18H27FN2O2/c1-18(2,3)12-16(13-4-6-14(19)7-5-13)20-17(23)21(10-11-22)15-8-9-15/h4-7,15-16,22H,8-12H2,1-3H3,(H,20,23). The van der Waals surface area contributed by atoms with Crippen LogP contribution in [0.5, 0.6) is 0 Å². The Kier molecular flexibility index (Phi) is 5.63. The lowest BCUT2D eigenvalue weighted by Crippen LogP contribution is -2.44. The van der Waals surface area contributed by atoms with Crippen molar-refractivity contribution in [2.45, 2.75) is 52.1 Å². The second-order valence-electron chi connectivity index (χ2n) is 7.47. The number of nitrogens with one attached hydrogen (secondary N) is 1. The van der Waals surface area contributed by atoms with Crippen LogP contribution in [0.25, 0.3) is 0 Å². The fraction of sp³-hybridized carbons (Fsp3) is 0.611. The van der Waals surface area contributed by atoms with Crippen LogP contribution in [-0.4, -0.2) is 35.2 Å². The molecule has 2 rings (SSSR count). The summed E-state index contributed by atoms with van der Waals surface area (Å²) in [5, 5.41) is 12.2. The molecule has 2 N–H and O–H groups in total. The first-order valence-corrected chi connectivity index (χ1v) is 8.23. The predicted octanol–water partition coefficient (Wildman–Crippen LogP) is 3.47. The summed E-state index contributed by atoms with van der Waals surface area (Å²) in [4.78, 5) is 14.3. The molecule has 4 nitrogen and oxygen atoms in total. The molecule has 0 aliphatic heterocycles. The number of hydrogen-bond acceptors (Lipinski definition) is 2. The summed E-state index contributed by atoms with van der Waals surface area (Å²) in [6.07, 6.45) is 2.74. The van der Waals surface area contributed by atoms with E-state index in [1.807, 2.05) is 0 Å². The molecule has 1 aromatic rings. The van der Waals surface area contributed by atoms with E-state index in [2.05, 4.69) is 26.1 Å². The molecule has 1 fully saturated rings. The molecule has 0 bridgehead atoms. The van der Waals surface area contributed by atoms with E-state index in [4.69, 9.17) is 5.11 Å². The zero-order valence-electron chi connectivity index (χ0n) is 14.2. The summed E-state index contributed by atoms with van der Waals surface area (Å²) in [5.41, 5.74) is 0.919. The molecule has 0 spiro atoms. The third-order valence-corrected chi connectivity index (χ3v) is 3.98. The van der Waals surface area contributed by atoms with E-state index < -0.39 is 0 Å². The lowest BCUT2D eigenvalue weighted by atomic mass is 9.85. The molecule has 1 unspecified atom stereocenters. The van der Waals surface area contributed by atoms with Gasteiger partial charge in [-0.1, -0.05) is 32.9 Å². The summed E-state index contributed by atoms with van der Waals surface area (Å²) >= 11 is 0. The molecular formula is C18H27FN2O2. The highest BCUT2D eigenvalue weighted by atomic mass is 19.1. The Bertz CT molecular complexity index is 521. The van der Waals surface area contributed by atoms with Crippen molar-refractivity contribution in [1.29, 1.82) is 0 Å². The summed E-state index contributed by atoms with van der Waals surface area (Å²) in [6.45, 7) is 6.65. The molecular weight excluding hydrogens is 295 g/mol. The molecule has 1 aliphatic carbocycles. The Morgan fingerprint density at radius 3 is 2.43 bits per heavy atom. The summed E-state index contributed by atoms with van der Waals surface area (Å²) in [6, 6.07) is 6.19. The minimum atomic E-state index is -0.283. The Labute approximate surface area is 137 Å². The van der Waals surface area contributed by atoms with Gasteiger partial charge in [0, 0.05) is 12.6 Å². The van der Waals surface area contributed by atoms with Crippen LogP contribution in [0.4, 0.5) is 9.18 Å². The number of carbonyl (C=O) groups excluding carboxylic acids is 1. The van der Waals surface area contributed by atoms with Crippen LogP contribution in [0.1, 0.15) is 51.6 Å². The van der Waals surface area contributed by atoms with E-state index in [9.17, 15) is 9.18 Å². The van der Waals surface area contributed by atoms with E-state index in [1.165, 1.54) is 12.1 Å². The van der Waals surface area contributed by atoms with Crippen LogP contribution >= 0.6 is 0 Å². The highest BCUT2D eigenvalue weighted by Crippen LogP contribution is 2.31. The van der Waals surface area contributed by atoms with Crippen molar-refractivity contribution < 1.29 is 14.3 Å². The van der Waals surface area contributed by atoms with Gasteiger partial charge in [-0.3, -0.25) is 0 Å². The third-order valence-electron chi connectivity index (χ3n) is 3.98. The highest BCUT2D eigenvalue weighted by molar-refractivity contribution is 5.75. The number of hydrogen-bond donors (Lipinski definition) is 2. The maximum absolute atomic E-state index is 13.2. The Balaban J connectivity index is 2.13. The summed E-state index contributed by atoms with van der Waals surface area (Å²) < 4.78 is 13.2. The van der Waals surface area contributed by atoms with Crippen LogP contribution in [0, 0.1) is 11.2 Å². The zero-order valence-corrected chi connectivity index (χ0v) is 14.2. The number of urea groups is 1. The topological polar surface area (TPSA) is 52.6 Å². The number of aliphatic hydroxyl groups excluding tert-OH is 1. The monoisotopic (exact) mass is 322 g/mol. The highest BCUT2D eigenvalue weighted by Gasteiger charge is 2.33. The maximum Gasteiger partial charge on any atom is 0.318 e. The predicted molar refractivity (Wildman–Crippen MR) is 88.6 cm³/mol. The quantitative estimate of drug-likeness (QED) is 0.842. The van der Waals surface area contributed by atoms with Crippen molar-refractivity contribution in [3.8, 4) is 0 Å². The Morgan fingerprint density at radius 2 is 1.96 bits per heavy atom. The van der Waals surface area contributed by atoms with Crippen molar-refractivity contribution in [1.82, 2.24) is 10.2 Å². The summed E-state index contributed by atoms with van der Waals surface area (Å²) in [7, 11) is 0. The van der Waals surface area contributed by atoms with Crippen molar-refractivity contribution in [2.75, 3.05) is 13.2 Å². The van der Waals surface area contributed by atoms with Gasteiger partial charge in [0.05, 0.1) is 12.6 Å². The fourth-order valence-corrected chi connectivity index (χ4v) is 2.74. The third kappa shape index (κ3) is 5.50. The minimum Gasteiger partial charge on any atom is -0.395 e. The van der Waals surface area contributed by atoms with Gasteiger partial charge in [-0.15, -0.1) is 0 Å².